The predicted octanol–water partition coefficient (Wildman–Crippen LogP) is 7.73. The van der Waals surface area contributed by atoms with Crippen LogP contribution in [0.4, 0.5) is 0 Å². The van der Waals surface area contributed by atoms with Crippen LogP contribution in [0.1, 0.15) is 78.1 Å². The minimum Gasteiger partial charge on any atom is -0.504 e. The number of carbonyl (C=O) groups excluding carboxylic acids is 6. The van der Waals surface area contributed by atoms with Crippen molar-refractivity contribution in [2.24, 2.45) is 0 Å². The highest BCUT2D eigenvalue weighted by Crippen LogP contribution is 2.31. The Morgan fingerprint density at radius 3 is 1.23 bits per heavy atom. The number of methoxy groups -OCH3 is 2. The van der Waals surface area contributed by atoms with E-state index in [0.29, 0.717) is 0 Å². The number of aromatic nitrogens is 4. The van der Waals surface area contributed by atoms with E-state index in [4.69, 9.17) is 29.2 Å². The molecule has 21 heteroatoms. The van der Waals surface area contributed by atoms with Crippen molar-refractivity contribution in [2.75, 3.05) is 14.2 Å². The number of aromatic hydroxyl groups is 3. The van der Waals surface area contributed by atoms with Crippen molar-refractivity contribution < 1.29 is 82.4 Å². The number of pyridine rings is 4. The maximum atomic E-state index is 12.3. The molecule has 0 amide bonds. The maximum Gasteiger partial charge on any atom is 0.345 e. The van der Waals surface area contributed by atoms with Crippen molar-refractivity contribution in [3.8, 4) is 34.5 Å². The lowest BCUT2D eigenvalue weighted by atomic mass is 10.2. The number of carbonyl (C=O) groups is 7. The third kappa shape index (κ3) is 17.2. The molecule has 0 spiro atoms. The topological polar surface area (TPSA) is 307 Å². The van der Waals surface area contributed by atoms with Crippen LogP contribution >= 0.6 is 0 Å². The van der Waals surface area contributed by atoms with Gasteiger partial charge in [0.1, 0.15) is 6.61 Å². The number of benzene rings is 4. The summed E-state index contributed by atoms with van der Waals surface area (Å²) in [4.78, 5) is 96.4. The summed E-state index contributed by atoms with van der Waals surface area (Å²) in [5, 5.41) is 36.5. The van der Waals surface area contributed by atoms with E-state index in [1.165, 1.54) is 137 Å². The zero-order chi connectivity index (χ0) is 54.1. The van der Waals surface area contributed by atoms with Crippen LogP contribution in [0.5, 0.6) is 34.5 Å². The highest BCUT2D eigenvalue weighted by molar-refractivity contribution is 5.95. The van der Waals surface area contributed by atoms with Crippen molar-refractivity contribution in [2.45, 2.75) is 6.61 Å². The molecule has 0 aliphatic heterocycles. The molecule has 8 rings (SSSR count). The predicted molar refractivity (Wildman–Crippen MR) is 261 cm³/mol. The molecule has 0 atom stereocenters. The average molecular weight is 1020 g/mol. The van der Waals surface area contributed by atoms with E-state index in [9.17, 15) is 43.8 Å². The molecule has 380 valence electrons. The molecule has 21 nitrogen and oxygen atoms in total. The molecule has 4 N–H and O–H groups in total. The third-order valence-electron chi connectivity index (χ3n) is 9.38. The van der Waals surface area contributed by atoms with Gasteiger partial charge in [-0.1, -0.05) is 30.3 Å². The minimum atomic E-state index is -0.942. The first-order valence-corrected chi connectivity index (χ1v) is 21.5. The van der Waals surface area contributed by atoms with Gasteiger partial charge in [0.25, 0.3) is 0 Å². The number of ether oxygens (including phenoxy) is 6. The van der Waals surface area contributed by atoms with Crippen molar-refractivity contribution in [3.63, 3.8) is 0 Å². The number of carboxylic acid groups (broad SMARTS) is 1. The number of carboxylic acids is 1. The average Bonchev–Trinajstić information content (AvgIpc) is 3.45. The Morgan fingerprint density at radius 2 is 0.800 bits per heavy atom. The van der Waals surface area contributed by atoms with Crippen LogP contribution in [0, 0.1) is 0 Å². The largest absolute Gasteiger partial charge is 0.504 e. The zero-order valence-electron chi connectivity index (χ0n) is 39.4. The first-order valence-electron chi connectivity index (χ1n) is 21.5. The molecule has 0 radical (unpaired) electrons. The highest BCUT2D eigenvalue weighted by atomic mass is 16.6. The summed E-state index contributed by atoms with van der Waals surface area (Å²) in [7, 11) is 2.45. The maximum absolute atomic E-state index is 12.3. The summed E-state index contributed by atoms with van der Waals surface area (Å²) in [6.07, 6.45) is 11.4. The van der Waals surface area contributed by atoms with E-state index in [1.807, 2.05) is 30.3 Å². The lowest BCUT2D eigenvalue weighted by molar-refractivity contribution is 0.0470. The Kier molecular flexibility index (Phi) is 20.7. The number of aromatic carboxylic acids is 1. The van der Waals surface area contributed by atoms with Crippen LogP contribution in [0.3, 0.4) is 0 Å². The van der Waals surface area contributed by atoms with Crippen molar-refractivity contribution >= 4 is 41.8 Å². The molecule has 0 aliphatic rings. The van der Waals surface area contributed by atoms with Crippen LogP contribution in [0.25, 0.3) is 0 Å². The van der Waals surface area contributed by atoms with Gasteiger partial charge in [-0.3, -0.25) is 19.9 Å². The highest BCUT2D eigenvalue weighted by Gasteiger charge is 2.20. The number of phenols is 3. The van der Waals surface area contributed by atoms with Gasteiger partial charge in [-0.15, -0.1) is 0 Å². The molecular formula is C54H42N4O17. The number of hydrogen-bond acceptors (Lipinski definition) is 20. The summed E-state index contributed by atoms with van der Waals surface area (Å²) in [5.41, 5.74) is 2.24. The Balaban J connectivity index is 0.000000196. The summed E-state index contributed by atoms with van der Waals surface area (Å²) in [6.45, 7) is 0.168. The molecule has 0 saturated carbocycles. The van der Waals surface area contributed by atoms with Gasteiger partial charge in [0.2, 0.25) is 0 Å². The molecule has 0 unspecified atom stereocenters. The lowest BCUT2D eigenvalue weighted by Crippen LogP contribution is -2.13. The van der Waals surface area contributed by atoms with Gasteiger partial charge in [0.05, 0.1) is 53.2 Å². The third-order valence-corrected chi connectivity index (χ3v) is 9.38. The van der Waals surface area contributed by atoms with Gasteiger partial charge in [-0.2, -0.15) is 0 Å². The smallest absolute Gasteiger partial charge is 0.345 e. The Bertz CT molecular complexity index is 3220. The molecule has 0 saturated heterocycles. The summed E-state index contributed by atoms with van der Waals surface area (Å²) in [5.74, 6) is -5.94. The van der Waals surface area contributed by atoms with Crippen molar-refractivity contribution in [1.82, 2.24) is 19.9 Å². The number of esters is 6. The molecule has 0 bridgehead atoms. The second-order valence-electron chi connectivity index (χ2n) is 14.5. The fourth-order valence-electron chi connectivity index (χ4n) is 5.64. The number of hydrogen-bond donors (Lipinski definition) is 4. The van der Waals surface area contributed by atoms with E-state index in [-0.39, 0.29) is 80.0 Å². The van der Waals surface area contributed by atoms with Crippen molar-refractivity contribution in [3.05, 3.63) is 228 Å². The second kappa shape index (κ2) is 28.1. The molecule has 4 aromatic carbocycles. The molecule has 75 heavy (non-hydrogen) atoms. The molecular weight excluding hydrogens is 977 g/mol. The fourth-order valence-corrected chi connectivity index (χ4v) is 5.64. The second-order valence-corrected chi connectivity index (χ2v) is 14.5. The molecule has 0 aliphatic carbocycles. The minimum absolute atomic E-state index is 0.0428. The van der Waals surface area contributed by atoms with Crippen LogP contribution < -0.4 is 14.2 Å². The standard InChI is InChI=1S/C20H14N2O6.C14H11NO5.C14H12O4.C6H5NO2/c1-26-18(23)13-6-7-16(27-19(24)14-4-2-8-21-11-14)17(10-13)28-20(25)15-5-3-9-22-12-15;1-19-13(17)9-4-5-12(11(16)7-9)20-14(18)10-3-2-6-15-8-10;15-12-7-6-11(8-13(12)16)14(17)18-9-10-4-2-1-3-5-10;8-6(9)5-2-1-3-7-4-5/h2-12H,1H3;2-8,16H,1H3;1-8,15-16H,9H2;1-4H,(H,8,9). The van der Waals surface area contributed by atoms with E-state index in [2.05, 4.69) is 29.4 Å². The van der Waals surface area contributed by atoms with Crippen molar-refractivity contribution in [1.29, 1.82) is 0 Å². The van der Waals surface area contributed by atoms with Crippen LogP contribution in [-0.2, 0) is 20.8 Å². The SMILES string of the molecule is COC(=O)c1ccc(OC(=O)c2cccnc2)c(O)c1.COC(=O)c1ccc(OC(=O)c2cccnc2)c(OC(=O)c2cccnc2)c1.O=C(O)c1cccnc1.O=C(OCc1ccccc1)c1ccc(O)c(O)c1. The van der Waals surface area contributed by atoms with Gasteiger partial charge < -0.3 is 48.8 Å². The molecule has 4 heterocycles. The number of phenolic OH excluding ortho intramolecular Hbond substituents is 3. The quantitative estimate of drug-likeness (QED) is 0.0394. The lowest BCUT2D eigenvalue weighted by Gasteiger charge is -2.12. The van der Waals surface area contributed by atoms with E-state index < -0.39 is 41.8 Å². The number of rotatable bonds is 12. The van der Waals surface area contributed by atoms with E-state index >= 15 is 0 Å². The summed E-state index contributed by atoms with van der Waals surface area (Å²) < 4.78 is 29.9. The van der Waals surface area contributed by atoms with E-state index in [1.54, 1.807) is 24.3 Å². The monoisotopic (exact) mass is 1020 g/mol. The molecule has 0 fully saturated rings. The van der Waals surface area contributed by atoms with Gasteiger partial charge >= 0.3 is 41.8 Å². The van der Waals surface area contributed by atoms with Crippen LogP contribution in [0.2, 0.25) is 0 Å². The zero-order valence-corrected chi connectivity index (χ0v) is 39.4. The normalized spacial score (nSPS) is 9.84. The van der Waals surface area contributed by atoms with Crippen LogP contribution in [0.15, 0.2) is 183 Å². The Morgan fingerprint density at radius 1 is 0.387 bits per heavy atom. The first kappa shape index (κ1) is 55.1. The molecule has 4 aromatic heterocycles. The summed E-state index contributed by atoms with van der Waals surface area (Å²) >= 11 is 0. The summed E-state index contributed by atoms with van der Waals surface area (Å²) in [6, 6.07) is 33.4. The van der Waals surface area contributed by atoms with Gasteiger partial charge in [-0.25, -0.2) is 33.6 Å². The Hall–Kier alpha value is -10.8. The van der Waals surface area contributed by atoms with Gasteiger partial charge in [0.15, 0.2) is 34.5 Å². The Labute approximate surface area is 425 Å². The van der Waals surface area contributed by atoms with E-state index in [0.717, 1.165) is 11.6 Å². The first-order chi connectivity index (χ1) is 36.2. The van der Waals surface area contributed by atoms with Gasteiger partial charge in [-0.05, 0) is 109 Å². The van der Waals surface area contributed by atoms with Gasteiger partial charge in [0, 0.05) is 49.6 Å². The molecule has 8 aromatic rings. The van der Waals surface area contributed by atoms with Crippen LogP contribution in [-0.4, -0.2) is 96.4 Å². The fraction of sp³-hybridized carbons (Fsp3) is 0.0556. The number of nitrogens with zero attached hydrogens (tertiary/aromatic N) is 4.